The number of carbonyl (C=O) groups is 1. The Labute approximate surface area is 155 Å². The average molecular weight is 375 g/mol. The maximum Gasteiger partial charge on any atom is 0.224 e. The first-order valence-corrected chi connectivity index (χ1v) is 10.1. The third kappa shape index (κ3) is 5.68. The molecule has 0 radical (unpaired) electrons. The molecular formula is C20H25NO4S. The zero-order chi connectivity index (χ0) is 19.2. The molecule has 0 aliphatic carbocycles. The van der Waals surface area contributed by atoms with Crippen LogP contribution in [-0.4, -0.2) is 37.3 Å². The Morgan fingerprint density at radius 1 is 1.00 bits per heavy atom. The van der Waals surface area contributed by atoms with Crippen molar-refractivity contribution in [1.82, 2.24) is 5.32 Å². The van der Waals surface area contributed by atoms with Crippen molar-refractivity contribution in [3.8, 4) is 0 Å². The lowest BCUT2D eigenvalue weighted by atomic mass is 10.1. The quantitative estimate of drug-likeness (QED) is 0.740. The lowest BCUT2D eigenvalue weighted by Gasteiger charge is -2.12. The predicted octanol–water partition coefficient (Wildman–Crippen LogP) is 2.13. The summed E-state index contributed by atoms with van der Waals surface area (Å²) < 4.78 is 24.2. The molecule has 5 nitrogen and oxygen atoms in total. The molecule has 0 spiro atoms. The Kier molecular flexibility index (Phi) is 6.94. The molecule has 6 heteroatoms. The van der Waals surface area contributed by atoms with Crippen LogP contribution in [-0.2, 0) is 27.5 Å². The van der Waals surface area contributed by atoms with E-state index in [4.69, 9.17) is 0 Å². The van der Waals surface area contributed by atoms with Gasteiger partial charge in [-0.1, -0.05) is 42.5 Å². The predicted molar refractivity (Wildman–Crippen MR) is 102 cm³/mol. The van der Waals surface area contributed by atoms with Gasteiger partial charge in [0.1, 0.15) is 0 Å². The Balaban J connectivity index is 1.84. The summed E-state index contributed by atoms with van der Waals surface area (Å²) in [4.78, 5) is 12.3. The fraction of sp³-hybridized carbons (Fsp3) is 0.350. The number of benzene rings is 2. The van der Waals surface area contributed by atoms with E-state index in [0.29, 0.717) is 6.42 Å². The van der Waals surface area contributed by atoms with Crippen LogP contribution in [0.4, 0.5) is 0 Å². The minimum Gasteiger partial charge on any atom is -0.391 e. The van der Waals surface area contributed by atoms with E-state index in [-0.39, 0.29) is 23.8 Å². The van der Waals surface area contributed by atoms with Crippen molar-refractivity contribution in [3.05, 3.63) is 65.7 Å². The normalized spacial score (nSPS) is 12.8. The summed E-state index contributed by atoms with van der Waals surface area (Å²) in [6.07, 6.45) is -0.0388. The molecule has 0 saturated carbocycles. The van der Waals surface area contributed by atoms with E-state index >= 15 is 0 Å². The number of hydrogen-bond acceptors (Lipinski definition) is 4. The zero-order valence-corrected chi connectivity index (χ0v) is 15.9. The van der Waals surface area contributed by atoms with Gasteiger partial charge in [-0.05, 0) is 37.1 Å². The van der Waals surface area contributed by atoms with Gasteiger partial charge in [0.05, 0.1) is 22.7 Å². The number of amides is 1. The topological polar surface area (TPSA) is 83.5 Å². The van der Waals surface area contributed by atoms with Crippen LogP contribution < -0.4 is 5.32 Å². The van der Waals surface area contributed by atoms with Crippen molar-refractivity contribution < 1.29 is 18.3 Å². The highest BCUT2D eigenvalue weighted by Gasteiger charge is 2.18. The molecule has 0 aliphatic heterocycles. The van der Waals surface area contributed by atoms with Gasteiger partial charge >= 0.3 is 0 Å². The Bertz CT molecular complexity index is 815. The summed E-state index contributed by atoms with van der Waals surface area (Å²) in [6, 6.07) is 15.9. The maximum atomic E-state index is 12.1. The third-order valence-corrected chi connectivity index (χ3v) is 6.26. The summed E-state index contributed by atoms with van der Waals surface area (Å²) in [5.74, 6) is -0.212. The second-order valence-electron chi connectivity index (χ2n) is 6.56. The molecule has 0 aromatic heterocycles. The highest BCUT2D eigenvalue weighted by molar-refractivity contribution is 7.92. The smallest absolute Gasteiger partial charge is 0.224 e. The van der Waals surface area contributed by atoms with E-state index in [1.54, 1.807) is 26.0 Å². The van der Waals surface area contributed by atoms with Gasteiger partial charge in [0.15, 0.2) is 9.84 Å². The first-order valence-electron chi connectivity index (χ1n) is 8.60. The molecule has 2 aromatic carbocycles. The van der Waals surface area contributed by atoms with Crippen LogP contribution in [0.25, 0.3) is 0 Å². The van der Waals surface area contributed by atoms with Crippen LogP contribution in [0.1, 0.15) is 25.0 Å². The van der Waals surface area contributed by atoms with Crippen LogP contribution in [0, 0.1) is 0 Å². The summed E-state index contributed by atoms with van der Waals surface area (Å²) in [5, 5.41) is 12.2. The van der Waals surface area contributed by atoms with Gasteiger partial charge in [0.2, 0.25) is 5.91 Å². The number of aliphatic hydroxyl groups excluding tert-OH is 1. The second kappa shape index (κ2) is 8.96. The zero-order valence-electron chi connectivity index (χ0n) is 15.1. The van der Waals surface area contributed by atoms with Gasteiger partial charge in [0, 0.05) is 13.0 Å². The van der Waals surface area contributed by atoms with Crippen LogP contribution >= 0.6 is 0 Å². The summed E-state index contributed by atoms with van der Waals surface area (Å²) in [5.41, 5.74) is 1.74. The number of nitrogens with one attached hydrogen (secondary N) is 1. The van der Waals surface area contributed by atoms with Gasteiger partial charge in [-0.3, -0.25) is 4.79 Å². The first-order chi connectivity index (χ1) is 12.3. The van der Waals surface area contributed by atoms with Gasteiger partial charge in [-0.25, -0.2) is 8.42 Å². The average Bonchev–Trinajstić information content (AvgIpc) is 2.61. The molecule has 2 aromatic rings. The van der Waals surface area contributed by atoms with Gasteiger partial charge in [-0.15, -0.1) is 0 Å². The molecule has 0 aliphatic rings. The first kappa shape index (κ1) is 20.1. The van der Waals surface area contributed by atoms with Gasteiger partial charge in [0.25, 0.3) is 0 Å². The van der Waals surface area contributed by atoms with Crippen molar-refractivity contribution >= 4 is 15.7 Å². The number of sulfone groups is 1. The molecule has 0 saturated heterocycles. The number of aliphatic hydroxyl groups is 1. The molecule has 1 amide bonds. The summed E-state index contributed by atoms with van der Waals surface area (Å²) in [6.45, 7) is 3.45. The van der Waals surface area contributed by atoms with E-state index in [9.17, 15) is 18.3 Å². The van der Waals surface area contributed by atoms with E-state index in [1.165, 1.54) is 12.1 Å². The van der Waals surface area contributed by atoms with Crippen LogP contribution in [0.3, 0.4) is 0 Å². The summed E-state index contributed by atoms with van der Waals surface area (Å²) >= 11 is 0. The molecule has 2 N–H and O–H groups in total. The lowest BCUT2D eigenvalue weighted by molar-refractivity contribution is -0.120. The largest absolute Gasteiger partial charge is 0.391 e. The standard InChI is InChI=1S/C20H25NO4S/c1-15(2)26(24,25)19-10-8-17(9-11-19)13-20(23)21-14-18(22)12-16-6-4-3-5-7-16/h3-11,15,18,22H,12-14H2,1-2H3,(H,21,23). The molecule has 2 rings (SSSR count). The number of carbonyl (C=O) groups excluding carboxylic acids is 1. The Hall–Kier alpha value is -2.18. The van der Waals surface area contributed by atoms with E-state index in [2.05, 4.69) is 5.32 Å². The highest BCUT2D eigenvalue weighted by atomic mass is 32.2. The van der Waals surface area contributed by atoms with Crippen LogP contribution in [0.5, 0.6) is 0 Å². The molecule has 0 fully saturated rings. The van der Waals surface area contributed by atoms with Crippen molar-refractivity contribution in [2.75, 3.05) is 6.54 Å². The van der Waals surface area contributed by atoms with E-state index in [1.807, 2.05) is 30.3 Å². The molecule has 1 atom stereocenters. The van der Waals surface area contributed by atoms with Crippen LogP contribution in [0.2, 0.25) is 0 Å². The number of rotatable bonds is 8. The van der Waals surface area contributed by atoms with Crippen molar-refractivity contribution in [1.29, 1.82) is 0 Å². The van der Waals surface area contributed by atoms with Gasteiger partial charge in [-0.2, -0.15) is 0 Å². The van der Waals surface area contributed by atoms with Crippen molar-refractivity contribution in [3.63, 3.8) is 0 Å². The van der Waals surface area contributed by atoms with Crippen molar-refractivity contribution in [2.24, 2.45) is 0 Å². The summed E-state index contributed by atoms with van der Waals surface area (Å²) in [7, 11) is -3.31. The molecule has 26 heavy (non-hydrogen) atoms. The second-order valence-corrected chi connectivity index (χ2v) is 9.07. The molecular weight excluding hydrogens is 350 g/mol. The van der Waals surface area contributed by atoms with Gasteiger partial charge < -0.3 is 10.4 Å². The number of hydrogen-bond donors (Lipinski definition) is 2. The monoisotopic (exact) mass is 375 g/mol. The highest BCUT2D eigenvalue weighted by Crippen LogP contribution is 2.16. The Morgan fingerprint density at radius 2 is 1.62 bits per heavy atom. The fourth-order valence-electron chi connectivity index (χ4n) is 2.51. The Morgan fingerprint density at radius 3 is 2.19 bits per heavy atom. The maximum absolute atomic E-state index is 12.1. The SMILES string of the molecule is CC(C)S(=O)(=O)c1ccc(CC(=O)NCC(O)Cc2ccccc2)cc1. The molecule has 1 unspecified atom stereocenters. The third-order valence-electron chi connectivity index (χ3n) is 4.09. The van der Waals surface area contributed by atoms with Crippen LogP contribution in [0.15, 0.2) is 59.5 Å². The van der Waals surface area contributed by atoms with E-state index < -0.39 is 21.2 Å². The minimum absolute atomic E-state index is 0.139. The fourth-order valence-corrected chi connectivity index (χ4v) is 3.57. The van der Waals surface area contributed by atoms with Crippen molar-refractivity contribution in [2.45, 2.75) is 42.9 Å². The minimum atomic E-state index is -3.31. The molecule has 0 heterocycles. The molecule has 0 bridgehead atoms. The van der Waals surface area contributed by atoms with E-state index in [0.717, 1.165) is 11.1 Å². The molecule has 140 valence electrons. The lowest BCUT2D eigenvalue weighted by Crippen LogP contribution is -2.34.